The Hall–Kier alpha value is -1.99. The standard InChI is InChI=1S/C19H33N5O2/c1-5-23-10-12-24(13-11-23)9-8-21-19(20-2)22-15-16-6-7-17(25-3)18(14-16)26-4/h6-7,14H,5,8-13,15H2,1-4H3,(H2,20,21,22). The molecular weight excluding hydrogens is 330 g/mol. The van der Waals surface area contributed by atoms with Crippen molar-refractivity contribution in [3.8, 4) is 11.5 Å². The number of likely N-dealkylation sites (N-methyl/N-ethyl adjacent to an activating group) is 1. The lowest BCUT2D eigenvalue weighted by molar-refractivity contribution is 0.139. The first-order chi connectivity index (χ1) is 12.7. The van der Waals surface area contributed by atoms with E-state index in [1.54, 1.807) is 21.3 Å². The molecule has 7 nitrogen and oxygen atoms in total. The van der Waals surface area contributed by atoms with Gasteiger partial charge >= 0.3 is 0 Å². The number of methoxy groups -OCH3 is 2. The van der Waals surface area contributed by atoms with Gasteiger partial charge in [-0.05, 0) is 24.2 Å². The summed E-state index contributed by atoms with van der Waals surface area (Å²) >= 11 is 0. The van der Waals surface area contributed by atoms with Crippen LogP contribution in [-0.2, 0) is 6.54 Å². The van der Waals surface area contributed by atoms with Gasteiger partial charge in [0.15, 0.2) is 17.5 Å². The van der Waals surface area contributed by atoms with Gasteiger partial charge in [-0.1, -0.05) is 13.0 Å². The van der Waals surface area contributed by atoms with Gasteiger partial charge in [-0.2, -0.15) is 0 Å². The molecule has 2 rings (SSSR count). The van der Waals surface area contributed by atoms with Crippen molar-refractivity contribution in [2.75, 3.05) is 67.1 Å². The summed E-state index contributed by atoms with van der Waals surface area (Å²) < 4.78 is 10.6. The van der Waals surface area contributed by atoms with E-state index in [4.69, 9.17) is 9.47 Å². The van der Waals surface area contributed by atoms with E-state index in [1.165, 1.54) is 13.1 Å². The summed E-state index contributed by atoms with van der Waals surface area (Å²) in [6.07, 6.45) is 0. The molecule has 0 unspecified atom stereocenters. The molecule has 0 aliphatic carbocycles. The quantitative estimate of drug-likeness (QED) is 0.531. The van der Waals surface area contributed by atoms with Crippen molar-refractivity contribution in [3.05, 3.63) is 23.8 Å². The minimum absolute atomic E-state index is 0.676. The SMILES string of the molecule is CCN1CCN(CCNC(=NC)NCc2ccc(OC)c(OC)c2)CC1. The van der Waals surface area contributed by atoms with Crippen LogP contribution >= 0.6 is 0 Å². The van der Waals surface area contributed by atoms with Crippen LogP contribution in [0, 0.1) is 0 Å². The molecule has 1 heterocycles. The number of nitrogens with one attached hydrogen (secondary N) is 2. The van der Waals surface area contributed by atoms with Gasteiger partial charge in [-0.3, -0.25) is 9.89 Å². The maximum Gasteiger partial charge on any atom is 0.191 e. The van der Waals surface area contributed by atoms with Crippen molar-refractivity contribution < 1.29 is 9.47 Å². The third-order valence-corrected chi connectivity index (χ3v) is 4.76. The van der Waals surface area contributed by atoms with Crippen molar-refractivity contribution in [2.24, 2.45) is 4.99 Å². The first-order valence-corrected chi connectivity index (χ1v) is 9.30. The van der Waals surface area contributed by atoms with Crippen LogP contribution in [-0.4, -0.2) is 82.8 Å². The summed E-state index contributed by atoms with van der Waals surface area (Å²) in [6.45, 7) is 10.6. The number of benzene rings is 1. The number of piperazine rings is 1. The Kier molecular flexibility index (Phi) is 8.50. The van der Waals surface area contributed by atoms with Crippen LogP contribution in [0.4, 0.5) is 0 Å². The number of hydrogen-bond acceptors (Lipinski definition) is 5. The molecular formula is C19H33N5O2. The molecule has 1 fully saturated rings. The molecule has 0 amide bonds. The number of ether oxygens (including phenoxy) is 2. The Morgan fingerprint density at radius 1 is 1.04 bits per heavy atom. The Morgan fingerprint density at radius 2 is 1.73 bits per heavy atom. The molecule has 7 heteroatoms. The van der Waals surface area contributed by atoms with Gasteiger partial charge in [-0.15, -0.1) is 0 Å². The fourth-order valence-electron chi connectivity index (χ4n) is 3.06. The molecule has 1 aliphatic rings. The van der Waals surface area contributed by atoms with Crippen molar-refractivity contribution in [1.29, 1.82) is 0 Å². The third-order valence-electron chi connectivity index (χ3n) is 4.76. The molecule has 0 aromatic heterocycles. The lowest BCUT2D eigenvalue weighted by Gasteiger charge is -2.34. The van der Waals surface area contributed by atoms with Gasteiger partial charge in [0.05, 0.1) is 14.2 Å². The van der Waals surface area contributed by atoms with E-state index >= 15 is 0 Å². The summed E-state index contributed by atoms with van der Waals surface area (Å²) in [7, 11) is 5.09. The van der Waals surface area contributed by atoms with E-state index in [0.29, 0.717) is 6.54 Å². The second-order valence-corrected chi connectivity index (χ2v) is 6.32. The van der Waals surface area contributed by atoms with E-state index in [2.05, 4.69) is 32.3 Å². The zero-order valence-electron chi connectivity index (χ0n) is 16.5. The Balaban J connectivity index is 1.73. The van der Waals surface area contributed by atoms with Crippen molar-refractivity contribution in [1.82, 2.24) is 20.4 Å². The van der Waals surface area contributed by atoms with Gasteiger partial charge < -0.3 is 25.0 Å². The zero-order chi connectivity index (χ0) is 18.8. The first kappa shape index (κ1) is 20.3. The van der Waals surface area contributed by atoms with E-state index in [9.17, 15) is 0 Å². The van der Waals surface area contributed by atoms with Gasteiger partial charge in [-0.25, -0.2) is 0 Å². The van der Waals surface area contributed by atoms with E-state index < -0.39 is 0 Å². The molecule has 26 heavy (non-hydrogen) atoms. The molecule has 1 aromatic rings. The van der Waals surface area contributed by atoms with Crippen LogP contribution in [0.3, 0.4) is 0 Å². The zero-order valence-corrected chi connectivity index (χ0v) is 16.5. The summed E-state index contributed by atoms with van der Waals surface area (Å²) in [5.74, 6) is 2.29. The van der Waals surface area contributed by atoms with Crippen LogP contribution in [0.5, 0.6) is 11.5 Å². The number of hydrogen-bond donors (Lipinski definition) is 2. The van der Waals surface area contributed by atoms with E-state index in [-0.39, 0.29) is 0 Å². The highest BCUT2D eigenvalue weighted by Gasteiger charge is 2.14. The van der Waals surface area contributed by atoms with Gasteiger partial charge in [0.1, 0.15) is 0 Å². The fraction of sp³-hybridized carbons (Fsp3) is 0.632. The minimum atomic E-state index is 0.676. The molecule has 1 aromatic carbocycles. The summed E-state index contributed by atoms with van der Waals surface area (Å²) in [4.78, 5) is 9.29. The van der Waals surface area contributed by atoms with E-state index in [0.717, 1.165) is 55.7 Å². The lowest BCUT2D eigenvalue weighted by Crippen LogP contribution is -2.49. The first-order valence-electron chi connectivity index (χ1n) is 9.30. The molecule has 1 aliphatic heterocycles. The molecule has 0 bridgehead atoms. The molecule has 1 saturated heterocycles. The Bertz CT molecular complexity index is 571. The highest BCUT2D eigenvalue weighted by molar-refractivity contribution is 5.79. The van der Waals surface area contributed by atoms with E-state index in [1.807, 2.05) is 18.2 Å². The second kappa shape index (κ2) is 10.9. The van der Waals surface area contributed by atoms with Gasteiger partial charge in [0.25, 0.3) is 0 Å². The monoisotopic (exact) mass is 363 g/mol. The second-order valence-electron chi connectivity index (χ2n) is 6.32. The fourth-order valence-corrected chi connectivity index (χ4v) is 3.06. The molecule has 146 valence electrons. The smallest absolute Gasteiger partial charge is 0.191 e. The minimum Gasteiger partial charge on any atom is -0.493 e. The van der Waals surface area contributed by atoms with Crippen LogP contribution in [0.2, 0.25) is 0 Å². The molecule has 2 N–H and O–H groups in total. The Morgan fingerprint density at radius 3 is 2.35 bits per heavy atom. The van der Waals surface area contributed by atoms with Crippen LogP contribution in [0.25, 0.3) is 0 Å². The van der Waals surface area contributed by atoms with Crippen LogP contribution < -0.4 is 20.1 Å². The predicted octanol–water partition coefficient (Wildman–Crippen LogP) is 1.01. The molecule has 0 spiro atoms. The topological polar surface area (TPSA) is 61.4 Å². The highest BCUT2D eigenvalue weighted by Crippen LogP contribution is 2.27. The number of guanidine groups is 1. The summed E-state index contributed by atoms with van der Waals surface area (Å²) in [5, 5.41) is 6.74. The van der Waals surface area contributed by atoms with Crippen LogP contribution in [0.15, 0.2) is 23.2 Å². The lowest BCUT2D eigenvalue weighted by atomic mass is 10.2. The average molecular weight is 364 g/mol. The number of aliphatic imine (C=N–C) groups is 1. The predicted molar refractivity (Wildman–Crippen MR) is 106 cm³/mol. The third kappa shape index (κ3) is 6.07. The number of rotatable bonds is 8. The van der Waals surface area contributed by atoms with Crippen molar-refractivity contribution >= 4 is 5.96 Å². The average Bonchev–Trinajstić information content (AvgIpc) is 2.70. The maximum absolute atomic E-state index is 5.35. The highest BCUT2D eigenvalue weighted by atomic mass is 16.5. The molecule has 0 saturated carbocycles. The summed E-state index contributed by atoms with van der Waals surface area (Å²) in [6, 6.07) is 5.92. The molecule has 0 atom stereocenters. The van der Waals surface area contributed by atoms with Gasteiger partial charge in [0.2, 0.25) is 0 Å². The molecule has 0 radical (unpaired) electrons. The van der Waals surface area contributed by atoms with Gasteiger partial charge in [0, 0.05) is 52.9 Å². The normalized spacial score (nSPS) is 16.4. The summed E-state index contributed by atoms with van der Waals surface area (Å²) in [5.41, 5.74) is 1.11. The Labute approximate surface area is 157 Å². The van der Waals surface area contributed by atoms with Crippen LogP contribution in [0.1, 0.15) is 12.5 Å². The van der Waals surface area contributed by atoms with Crippen molar-refractivity contribution in [2.45, 2.75) is 13.5 Å². The maximum atomic E-state index is 5.35. The van der Waals surface area contributed by atoms with Crippen molar-refractivity contribution in [3.63, 3.8) is 0 Å². The number of nitrogens with zero attached hydrogens (tertiary/aromatic N) is 3. The largest absolute Gasteiger partial charge is 0.493 e.